The highest BCUT2D eigenvalue weighted by Gasteiger charge is 2.35. The number of fused-ring (bicyclic) bond motifs is 1. The van der Waals surface area contributed by atoms with Crippen LogP contribution < -0.4 is 10.9 Å². The Morgan fingerprint density at radius 1 is 1.28 bits per heavy atom. The molecule has 0 bridgehead atoms. The number of carbonyl (C=O) groups excluding carboxylic acids is 1. The molecular formula is C22H28N4O2S. The maximum atomic E-state index is 13.0. The molecule has 1 saturated carbocycles. The summed E-state index contributed by atoms with van der Waals surface area (Å²) in [6.07, 6.45) is 7.57. The van der Waals surface area contributed by atoms with Crippen molar-refractivity contribution in [3.05, 3.63) is 34.6 Å². The first-order valence-corrected chi connectivity index (χ1v) is 11.4. The standard InChI is InChI=1S/C22H28N4O2S/c1-2-3-4-9-14-26-20(28)17-10-5-6-11-18(17)24-21(26)29-15-19(27)25-22(16-23)12-7-8-13-22/h5-6,10-11H,2-4,7-9,12-15H2,1H3,(H,25,27). The highest BCUT2D eigenvalue weighted by atomic mass is 32.2. The Morgan fingerprint density at radius 3 is 2.76 bits per heavy atom. The molecule has 3 rings (SSSR count). The third-order valence-corrected chi connectivity index (χ3v) is 6.42. The summed E-state index contributed by atoms with van der Waals surface area (Å²) in [7, 11) is 0. The number of unbranched alkanes of at least 4 members (excludes halogenated alkanes) is 3. The average Bonchev–Trinajstić information content (AvgIpc) is 3.20. The molecule has 1 amide bonds. The van der Waals surface area contributed by atoms with E-state index < -0.39 is 5.54 Å². The van der Waals surface area contributed by atoms with Crippen LogP contribution in [0.1, 0.15) is 58.3 Å². The van der Waals surface area contributed by atoms with E-state index in [1.807, 2.05) is 18.2 Å². The maximum absolute atomic E-state index is 13.0. The minimum Gasteiger partial charge on any atom is -0.337 e. The van der Waals surface area contributed by atoms with E-state index in [1.54, 1.807) is 10.6 Å². The zero-order valence-corrected chi connectivity index (χ0v) is 17.8. The lowest BCUT2D eigenvalue weighted by Crippen LogP contribution is -2.45. The number of rotatable bonds is 9. The molecule has 29 heavy (non-hydrogen) atoms. The molecule has 7 heteroatoms. The van der Waals surface area contributed by atoms with Crippen molar-refractivity contribution in [2.24, 2.45) is 0 Å². The summed E-state index contributed by atoms with van der Waals surface area (Å²) in [5, 5.41) is 13.5. The van der Waals surface area contributed by atoms with Gasteiger partial charge in [-0.2, -0.15) is 5.26 Å². The summed E-state index contributed by atoms with van der Waals surface area (Å²) in [5.74, 6) is -0.0400. The Labute approximate surface area is 175 Å². The van der Waals surface area contributed by atoms with E-state index in [1.165, 1.54) is 11.8 Å². The minimum atomic E-state index is -0.728. The van der Waals surface area contributed by atoms with Crippen molar-refractivity contribution >= 4 is 28.6 Å². The monoisotopic (exact) mass is 412 g/mol. The number of thioether (sulfide) groups is 1. The molecule has 0 atom stereocenters. The number of amides is 1. The van der Waals surface area contributed by atoms with Crippen molar-refractivity contribution < 1.29 is 4.79 Å². The normalized spacial score (nSPS) is 15.3. The summed E-state index contributed by atoms with van der Waals surface area (Å²) < 4.78 is 1.70. The Bertz CT molecular complexity index is 957. The summed E-state index contributed by atoms with van der Waals surface area (Å²) in [5.41, 5.74) is -0.136. The molecule has 0 unspecified atom stereocenters. The van der Waals surface area contributed by atoms with Crippen molar-refractivity contribution in [3.63, 3.8) is 0 Å². The lowest BCUT2D eigenvalue weighted by Gasteiger charge is -2.22. The number of para-hydroxylation sites is 1. The third kappa shape index (κ3) is 5.18. The second-order valence-corrected chi connectivity index (χ2v) is 8.61. The maximum Gasteiger partial charge on any atom is 0.262 e. The minimum absolute atomic E-state index is 0.0562. The Balaban J connectivity index is 1.77. The van der Waals surface area contributed by atoms with Gasteiger partial charge in [-0.15, -0.1) is 0 Å². The van der Waals surface area contributed by atoms with Crippen LogP contribution in [-0.2, 0) is 11.3 Å². The van der Waals surface area contributed by atoms with Crippen LogP contribution in [0.25, 0.3) is 10.9 Å². The van der Waals surface area contributed by atoms with Gasteiger partial charge < -0.3 is 5.32 Å². The molecule has 154 valence electrons. The van der Waals surface area contributed by atoms with Crippen LogP contribution >= 0.6 is 11.8 Å². The van der Waals surface area contributed by atoms with E-state index in [-0.39, 0.29) is 17.2 Å². The largest absolute Gasteiger partial charge is 0.337 e. The third-order valence-electron chi connectivity index (χ3n) is 5.44. The van der Waals surface area contributed by atoms with Gasteiger partial charge in [-0.1, -0.05) is 50.1 Å². The summed E-state index contributed by atoms with van der Waals surface area (Å²) >= 11 is 1.27. The van der Waals surface area contributed by atoms with Crippen molar-refractivity contribution in [1.82, 2.24) is 14.9 Å². The molecule has 2 aromatic rings. The molecule has 0 spiro atoms. The van der Waals surface area contributed by atoms with E-state index in [0.29, 0.717) is 35.4 Å². The van der Waals surface area contributed by atoms with Gasteiger partial charge in [-0.3, -0.25) is 14.2 Å². The van der Waals surface area contributed by atoms with Gasteiger partial charge in [0.25, 0.3) is 5.56 Å². The fourth-order valence-corrected chi connectivity index (χ4v) is 4.65. The summed E-state index contributed by atoms with van der Waals surface area (Å²) in [4.78, 5) is 30.2. The van der Waals surface area contributed by atoms with Gasteiger partial charge in [0.05, 0.1) is 22.7 Å². The zero-order chi connectivity index (χ0) is 20.7. The van der Waals surface area contributed by atoms with E-state index in [0.717, 1.165) is 38.5 Å². The smallest absolute Gasteiger partial charge is 0.262 e. The van der Waals surface area contributed by atoms with E-state index in [4.69, 9.17) is 0 Å². The summed E-state index contributed by atoms with van der Waals surface area (Å²) in [6, 6.07) is 9.60. The van der Waals surface area contributed by atoms with Crippen LogP contribution in [0.3, 0.4) is 0 Å². The van der Waals surface area contributed by atoms with Gasteiger partial charge in [0, 0.05) is 6.54 Å². The van der Waals surface area contributed by atoms with Crippen LogP contribution in [0.4, 0.5) is 0 Å². The van der Waals surface area contributed by atoms with Crippen LogP contribution in [-0.4, -0.2) is 26.8 Å². The van der Waals surface area contributed by atoms with Crippen LogP contribution in [0.5, 0.6) is 0 Å². The van der Waals surface area contributed by atoms with E-state index in [2.05, 4.69) is 23.3 Å². The SMILES string of the molecule is CCCCCCn1c(SCC(=O)NC2(C#N)CCCC2)nc2ccccc2c1=O. The predicted molar refractivity (Wildman–Crippen MR) is 116 cm³/mol. The van der Waals surface area contributed by atoms with Gasteiger partial charge >= 0.3 is 0 Å². The molecule has 1 aliphatic rings. The first-order valence-electron chi connectivity index (χ1n) is 10.4. The van der Waals surface area contributed by atoms with Crippen LogP contribution in [0, 0.1) is 11.3 Å². The number of benzene rings is 1. The van der Waals surface area contributed by atoms with E-state index in [9.17, 15) is 14.9 Å². The van der Waals surface area contributed by atoms with Gasteiger partial charge in [0.2, 0.25) is 5.91 Å². The second kappa shape index (κ2) is 9.93. The number of nitriles is 1. The number of hydrogen-bond acceptors (Lipinski definition) is 5. The Hall–Kier alpha value is -2.33. The van der Waals surface area contributed by atoms with Gasteiger partial charge in [0.1, 0.15) is 5.54 Å². The Kier molecular flexibility index (Phi) is 7.32. The molecule has 1 fully saturated rings. The van der Waals surface area contributed by atoms with Crippen LogP contribution in [0.15, 0.2) is 34.2 Å². The average molecular weight is 413 g/mol. The zero-order valence-electron chi connectivity index (χ0n) is 16.9. The number of hydrogen-bond donors (Lipinski definition) is 1. The van der Waals surface area contributed by atoms with Crippen molar-refractivity contribution in [1.29, 1.82) is 5.26 Å². The van der Waals surface area contributed by atoms with E-state index >= 15 is 0 Å². The number of nitrogens with zero attached hydrogens (tertiary/aromatic N) is 3. The fourth-order valence-electron chi connectivity index (χ4n) is 3.83. The van der Waals surface area contributed by atoms with Crippen molar-refractivity contribution in [2.75, 3.05) is 5.75 Å². The quantitative estimate of drug-likeness (QED) is 0.382. The Morgan fingerprint density at radius 2 is 2.03 bits per heavy atom. The number of aromatic nitrogens is 2. The van der Waals surface area contributed by atoms with Gasteiger partial charge in [0.15, 0.2) is 5.16 Å². The highest BCUT2D eigenvalue weighted by Crippen LogP contribution is 2.29. The molecule has 0 radical (unpaired) electrons. The molecule has 1 N–H and O–H groups in total. The fraction of sp³-hybridized carbons (Fsp3) is 0.545. The molecule has 1 aromatic heterocycles. The predicted octanol–water partition coefficient (Wildman–Crippen LogP) is 4.02. The molecule has 6 nitrogen and oxygen atoms in total. The molecular weight excluding hydrogens is 384 g/mol. The second-order valence-electron chi connectivity index (χ2n) is 7.67. The number of nitrogens with one attached hydrogen (secondary N) is 1. The lowest BCUT2D eigenvalue weighted by atomic mass is 10.0. The highest BCUT2D eigenvalue weighted by molar-refractivity contribution is 7.99. The first-order chi connectivity index (χ1) is 14.1. The number of carbonyl (C=O) groups is 1. The van der Waals surface area contributed by atoms with Gasteiger partial charge in [-0.05, 0) is 44.2 Å². The van der Waals surface area contributed by atoms with Crippen molar-refractivity contribution in [3.8, 4) is 6.07 Å². The molecule has 1 aromatic carbocycles. The van der Waals surface area contributed by atoms with Crippen molar-refractivity contribution in [2.45, 2.75) is 75.5 Å². The first kappa shape index (κ1) is 21.4. The molecule has 1 heterocycles. The topological polar surface area (TPSA) is 87.8 Å². The van der Waals surface area contributed by atoms with Gasteiger partial charge in [-0.25, -0.2) is 4.98 Å². The van der Waals surface area contributed by atoms with Crippen LogP contribution in [0.2, 0.25) is 0 Å². The molecule has 0 aliphatic heterocycles. The molecule has 0 saturated heterocycles. The summed E-state index contributed by atoms with van der Waals surface area (Å²) in [6.45, 7) is 2.75. The lowest BCUT2D eigenvalue weighted by molar-refractivity contribution is -0.119. The molecule has 1 aliphatic carbocycles.